The Kier molecular flexibility index (Phi) is 22.4. The van der Waals surface area contributed by atoms with Gasteiger partial charge >= 0.3 is 207 Å². The molecule has 0 aromatic heterocycles. The Hall–Kier alpha value is 0.734. The zero-order valence-electron chi connectivity index (χ0n) is 24.3. The fraction of sp³-hybridized carbons (Fsp3) is 0.871. The molecule has 0 radical (unpaired) electrons. The minimum atomic E-state index is 0. The third kappa shape index (κ3) is 10.8. The Bertz CT molecular complexity index is 567. The SMILES string of the molecule is CCCCCCCCCCC(CN)(CCCCCCCCCC)C1(C)C(C)=C(C)C(C)=[C]1[Ti].Cl.Cl. The minimum Gasteiger partial charge on any atom is -0.147 e. The summed E-state index contributed by atoms with van der Waals surface area (Å²) in [7, 11) is 0. The molecule has 0 aromatic rings. The molecule has 1 nitrogen and oxygen atoms in total. The van der Waals surface area contributed by atoms with Gasteiger partial charge < -0.3 is 0 Å². The molecule has 0 spiro atoms. The molecule has 207 valence electrons. The molecule has 1 rings (SSSR count). The van der Waals surface area contributed by atoms with Crippen molar-refractivity contribution in [2.45, 2.75) is 157 Å². The van der Waals surface area contributed by atoms with Gasteiger partial charge in [-0.15, -0.1) is 24.8 Å². The van der Waals surface area contributed by atoms with Crippen molar-refractivity contribution in [1.29, 1.82) is 0 Å². The first-order valence-corrected chi connectivity index (χ1v) is 15.4. The Morgan fingerprint density at radius 1 is 0.629 bits per heavy atom. The Labute approximate surface area is 244 Å². The van der Waals surface area contributed by atoms with E-state index in [1.807, 2.05) is 0 Å². The van der Waals surface area contributed by atoms with E-state index in [2.05, 4.69) is 62.0 Å². The number of hydrogen-bond acceptors (Lipinski definition) is 1. The van der Waals surface area contributed by atoms with Crippen molar-refractivity contribution < 1.29 is 20.4 Å². The molecule has 4 heteroatoms. The minimum absolute atomic E-state index is 0. The molecule has 0 fully saturated rings. The number of halogens is 2. The van der Waals surface area contributed by atoms with Crippen LogP contribution in [0.5, 0.6) is 0 Å². The number of hydrogen-bond donors (Lipinski definition) is 1. The van der Waals surface area contributed by atoms with Gasteiger partial charge in [-0.2, -0.15) is 0 Å². The van der Waals surface area contributed by atoms with Crippen LogP contribution < -0.4 is 5.73 Å². The standard InChI is InChI=1S/C31H58N.2ClH.Ti/c1-7-9-11-13-15-17-19-21-23-31(26-32,24-22-20-18-16-14-12-10-8-2)30(6)25-27(3)28(4)29(30)5;;;/h7-24,26,32H2,1-6H3;2*1H;. The summed E-state index contributed by atoms with van der Waals surface area (Å²) < 4.78 is 1.60. The second-order valence-electron chi connectivity index (χ2n) is 11.3. The van der Waals surface area contributed by atoms with Crippen LogP contribution in [0.3, 0.4) is 0 Å². The second-order valence-corrected chi connectivity index (χ2v) is 12.1. The summed E-state index contributed by atoms with van der Waals surface area (Å²) in [6.45, 7) is 15.1. The molecule has 0 saturated heterocycles. The third-order valence-corrected chi connectivity index (χ3v) is 10.6. The molecule has 0 aliphatic heterocycles. The average molecular weight is 566 g/mol. The van der Waals surface area contributed by atoms with Gasteiger partial charge in [-0.3, -0.25) is 0 Å². The Morgan fingerprint density at radius 3 is 1.26 bits per heavy atom. The molecule has 0 aromatic carbocycles. The van der Waals surface area contributed by atoms with E-state index in [1.54, 1.807) is 9.45 Å². The van der Waals surface area contributed by atoms with Gasteiger partial charge in [-0.05, 0) is 0 Å². The average Bonchev–Trinajstić information content (AvgIpc) is 2.97. The summed E-state index contributed by atoms with van der Waals surface area (Å²) in [5.41, 5.74) is 11.7. The van der Waals surface area contributed by atoms with Crippen LogP contribution in [0.4, 0.5) is 0 Å². The molecule has 1 aliphatic rings. The molecular weight excluding hydrogens is 505 g/mol. The molecular formula is C31H60Cl2NTi. The van der Waals surface area contributed by atoms with E-state index < -0.39 is 0 Å². The maximum absolute atomic E-state index is 6.73. The van der Waals surface area contributed by atoms with Crippen LogP contribution in [0.15, 0.2) is 20.6 Å². The van der Waals surface area contributed by atoms with Crippen LogP contribution in [-0.2, 0) is 20.4 Å². The normalized spacial score (nSPS) is 18.1. The molecule has 1 atom stereocenters. The molecule has 35 heavy (non-hydrogen) atoms. The van der Waals surface area contributed by atoms with E-state index in [1.165, 1.54) is 127 Å². The van der Waals surface area contributed by atoms with Crippen molar-refractivity contribution in [3.63, 3.8) is 0 Å². The summed E-state index contributed by atoms with van der Waals surface area (Å²) in [5, 5.41) is 0. The molecule has 2 N–H and O–H groups in total. The van der Waals surface area contributed by atoms with Crippen molar-refractivity contribution in [1.82, 2.24) is 0 Å². The first-order valence-electron chi connectivity index (χ1n) is 14.6. The number of rotatable bonds is 20. The van der Waals surface area contributed by atoms with Crippen LogP contribution in [0.25, 0.3) is 0 Å². The van der Waals surface area contributed by atoms with Gasteiger partial charge in [0, 0.05) is 0 Å². The zero-order chi connectivity index (χ0) is 24.7. The van der Waals surface area contributed by atoms with E-state index in [0.717, 1.165) is 6.54 Å². The summed E-state index contributed by atoms with van der Waals surface area (Å²) in [5.74, 6) is 0. The summed E-state index contributed by atoms with van der Waals surface area (Å²) in [6.07, 6.45) is 24.9. The third-order valence-electron chi connectivity index (χ3n) is 9.22. The van der Waals surface area contributed by atoms with Gasteiger partial charge in [-0.25, -0.2) is 0 Å². The van der Waals surface area contributed by atoms with Crippen molar-refractivity contribution in [2.24, 2.45) is 16.6 Å². The molecule has 1 aliphatic carbocycles. The Morgan fingerprint density at radius 2 is 0.971 bits per heavy atom. The van der Waals surface area contributed by atoms with E-state index in [9.17, 15) is 0 Å². The number of nitrogens with two attached hydrogens (primary N) is 1. The molecule has 0 heterocycles. The van der Waals surface area contributed by atoms with Crippen molar-refractivity contribution in [2.75, 3.05) is 6.54 Å². The van der Waals surface area contributed by atoms with Crippen LogP contribution in [-0.4, -0.2) is 6.54 Å². The number of allylic oxidation sites excluding steroid dienone is 4. The quantitative estimate of drug-likeness (QED) is 0.115. The fourth-order valence-electron chi connectivity index (χ4n) is 6.30. The van der Waals surface area contributed by atoms with Crippen LogP contribution in [0.1, 0.15) is 157 Å². The molecule has 0 amide bonds. The van der Waals surface area contributed by atoms with Gasteiger partial charge in [0.25, 0.3) is 0 Å². The van der Waals surface area contributed by atoms with Crippen LogP contribution in [0, 0.1) is 10.8 Å². The van der Waals surface area contributed by atoms with Crippen LogP contribution in [0.2, 0.25) is 0 Å². The first-order chi connectivity index (χ1) is 15.8. The predicted molar refractivity (Wildman–Crippen MR) is 160 cm³/mol. The predicted octanol–water partition coefficient (Wildman–Crippen LogP) is 11.0. The van der Waals surface area contributed by atoms with Crippen molar-refractivity contribution in [3.8, 4) is 0 Å². The summed E-state index contributed by atoms with van der Waals surface area (Å²) >= 11 is 2.40. The van der Waals surface area contributed by atoms with Gasteiger partial charge in [0.05, 0.1) is 0 Å². The Balaban J connectivity index is 0. The molecule has 0 saturated carbocycles. The zero-order valence-corrected chi connectivity index (χ0v) is 27.5. The van der Waals surface area contributed by atoms with Gasteiger partial charge in [0.1, 0.15) is 0 Å². The van der Waals surface area contributed by atoms with Gasteiger partial charge in [-0.1, -0.05) is 13.8 Å². The van der Waals surface area contributed by atoms with Crippen LogP contribution >= 0.6 is 24.8 Å². The first kappa shape index (κ1) is 37.9. The topological polar surface area (TPSA) is 26.0 Å². The van der Waals surface area contributed by atoms with Gasteiger partial charge in [0.15, 0.2) is 0 Å². The van der Waals surface area contributed by atoms with E-state index in [4.69, 9.17) is 5.73 Å². The number of unbranched alkanes of at least 4 members (excludes halogenated alkanes) is 14. The maximum atomic E-state index is 6.73. The van der Waals surface area contributed by atoms with E-state index >= 15 is 0 Å². The summed E-state index contributed by atoms with van der Waals surface area (Å²) in [6, 6.07) is 0. The van der Waals surface area contributed by atoms with Gasteiger partial charge in [0.2, 0.25) is 0 Å². The van der Waals surface area contributed by atoms with Crippen molar-refractivity contribution in [3.05, 3.63) is 20.6 Å². The fourth-order valence-corrected chi connectivity index (χ4v) is 7.30. The van der Waals surface area contributed by atoms with E-state index in [0.29, 0.717) is 0 Å². The van der Waals surface area contributed by atoms with E-state index in [-0.39, 0.29) is 35.6 Å². The van der Waals surface area contributed by atoms with Crippen molar-refractivity contribution >= 4 is 24.8 Å². The molecule has 0 bridgehead atoms. The maximum Gasteiger partial charge on any atom is -0.147 e. The second kappa shape index (κ2) is 20.7. The molecule has 1 unspecified atom stereocenters. The monoisotopic (exact) mass is 564 g/mol. The summed E-state index contributed by atoms with van der Waals surface area (Å²) in [4.78, 5) is 0. The largest absolute Gasteiger partial charge is 0.147 e. The smallest absolute Gasteiger partial charge is 0.147 e.